The minimum Gasteiger partial charge on any atom is -0.386 e. The van der Waals surface area contributed by atoms with Crippen molar-refractivity contribution in [1.82, 2.24) is 0 Å². The molecule has 0 radical (unpaired) electrons. The summed E-state index contributed by atoms with van der Waals surface area (Å²) in [6, 6.07) is 3.90. The highest BCUT2D eigenvalue weighted by Gasteiger charge is 2.34. The molecule has 1 heterocycles. The lowest BCUT2D eigenvalue weighted by Crippen LogP contribution is -2.03. The molecule has 3 nitrogen and oxygen atoms in total. The van der Waals surface area contributed by atoms with Gasteiger partial charge in [0.15, 0.2) is 0 Å². The molecule has 0 bridgehead atoms. The van der Waals surface area contributed by atoms with Gasteiger partial charge in [0.25, 0.3) is 0 Å². The first kappa shape index (κ1) is 11.8. The number of esters is 2. The van der Waals surface area contributed by atoms with Crippen LogP contribution in [0.5, 0.6) is 0 Å². The van der Waals surface area contributed by atoms with Crippen molar-refractivity contribution >= 4 is 11.9 Å². The van der Waals surface area contributed by atoms with Crippen molar-refractivity contribution in [3.63, 3.8) is 0 Å². The van der Waals surface area contributed by atoms with E-state index >= 15 is 0 Å². The summed E-state index contributed by atoms with van der Waals surface area (Å²) in [4.78, 5) is 23.4. The summed E-state index contributed by atoms with van der Waals surface area (Å²) in [6.07, 6.45) is 3.50. The molecule has 0 aliphatic carbocycles. The van der Waals surface area contributed by atoms with E-state index in [1.807, 2.05) is 12.1 Å². The average molecular weight is 232 g/mol. The maximum absolute atomic E-state index is 11.7. The zero-order chi connectivity index (χ0) is 12.4. The molecule has 1 aromatic carbocycles. The van der Waals surface area contributed by atoms with Gasteiger partial charge in [-0.15, -0.1) is 0 Å². The van der Waals surface area contributed by atoms with Gasteiger partial charge in [-0.2, -0.15) is 0 Å². The van der Waals surface area contributed by atoms with E-state index in [-0.39, 0.29) is 0 Å². The number of aryl methyl sites for hydroxylation is 2. The van der Waals surface area contributed by atoms with Gasteiger partial charge in [0, 0.05) is 0 Å². The normalized spacial score (nSPS) is 13.8. The van der Waals surface area contributed by atoms with Crippen molar-refractivity contribution in [2.45, 2.75) is 39.5 Å². The maximum atomic E-state index is 11.7. The number of ether oxygens (including phenoxy) is 1. The van der Waals surface area contributed by atoms with Crippen LogP contribution in [0, 0.1) is 0 Å². The summed E-state index contributed by atoms with van der Waals surface area (Å²) in [5.41, 5.74) is 2.86. The highest BCUT2D eigenvalue weighted by Crippen LogP contribution is 2.28. The second kappa shape index (κ2) is 4.70. The molecule has 0 spiro atoms. The summed E-state index contributed by atoms with van der Waals surface area (Å²) in [5.74, 6) is -0.960. The van der Waals surface area contributed by atoms with Gasteiger partial charge in [0.05, 0.1) is 11.1 Å². The topological polar surface area (TPSA) is 43.4 Å². The van der Waals surface area contributed by atoms with Crippen LogP contribution in [0.4, 0.5) is 0 Å². The van der Waals surface area contributed by atoms with Gasteiger partial charge in [-0.3, -0.25) is 0 Å². The fraction of sp³-hybridized carbons (Fsp3) is 0.429. The molecular weight excluding hydrogens is 216 g/mol. The molecule has 0 saturated carbocycles. The lowest BCUT2D eigenvalue weighted by Gasteiger charge is -2.07. The quantitative estimate of drug-likeness (QED) is 0.592. The van der Waals surface area contributed by atoms with E-state index in [0.717, 1.165) is 36.8 Å². The Morgan fingerprint density at radius 3 is 1.65 bits per heavy atom. The smallest absolute Gasteiger partial charge is 0.347 e. The van der Waals surface area contributed by atoms with Gasteiger partial charge < -0.3 is 4.74 Å². The molecule has 2 rings (SSSR count). The van der Waals surface area contributed by atoms with Crippen LogP contribution in [-0.4, -0.2) is 11.9 Å². The van der Waals surface area contributed by atoms with Crippen molar-refractivity contribution in [3.05, 3.63) is 34.4 Å². The third kappa shape index (κ3) is 1.97. The number of fused-ring (bicyclic) bond motifs is 1. The van der Waals surface area contributed by atoms with Crippen LogP contribution < -0.4 is 0 Å². The fourth-order valence-corrected chi connectivity index (χ4v) is 2.30. The van der Waals surface area contributed by atoms with Crippen LogP contribution in [-0.2, 0) is 17.6 Å². The zero-order valence-corrected chi connectivity index (χ0v) is 10.2. The summed E-state index contributed by atoms with van der Waals surface area (Å²) < 4.78 is 4.73. The van der Waals surface area contributed by atoms with Crippen molar-refractivity contribution in [2.75, 3.05) is 0 Å². The van der Waals surface area contributed by atoms with E-state index in [4.69, 9.17) is 4.74 Å². The minimum absolute atomic E-state index is 0.480. The number of cyclic esters (lactones) is 2. The van der Waals surface area contributed by atoms with E-state index in [0.29, 0.717) is 11.1 Å². The van der Waals surface area contributed by atoms with E-state index < -0.39 is 11.9 Å². The minimum atomic E-state index is -0.480. The molecule has 90 valence electrons. The van der Waals surface area contributed by atoms with Crippen LogP contribution in [0.15, 0.2) is 12.1 Å². The molecule has 0 N–H and O–H groups in total. The lowest BCUT2D eigenvalue weighted by molar-refractivity contribution is 0.0443. The second-order valence-corrected chi connectivity index (χ2v) is 4.31. The van der Waals surface area contributed by atoms with E-state index in [1.165, 1.54) is 0 Å². The second-order valence-electron chi connectivity index (χ2n) is 4.31. The highest BCUT2D eigenvalue weighted by atomic mass is 16.6. The Bertz CT molecular complexity index is 432. The fourth-order valence-electron chi connectivity index (χ4n) is 2.30. The van der Waals surface area contributed by atoms with Crippen LogP contribution in [0.25, 0.3) is 0 Å². The van der Waals surface area contributed by atoms with Gasteiger partial charge >= 0.3 is 11.9 Å². The largest absolute Gasteiger partial charge is 0.386 e. The molecule has 3 heteroatoms. The van der Waals surface area contributed by atoms with Crippen molar-refractivity contribution < 1.29 is 14.3 Å². The van der Waals surface area contributed by atoms with Crippen LogP contribution in [0.1, 0.15) is 58.5 Å². The Hall–Kier alpha value is -1.64. The Kier molecular flexibility index (Phi) is 3.27. The summed E-state index contributed by atoms with van der Waals surface area (Å²) in [5, 5.41) is 0. The maximum Gasteiger partial charge on any atom is 0.347 e. The Balaban J connectivity index is 2.57. The first-order valence-electron chi connectivity index (χ1n) is 6.10. The first-order chi connectivity index (χ1) is 8.19. The van der Waals surface area contributed by atoms with E-state index in [1.54, 1.807) is 0 Å². The Labute approximate surface area is 101 Å². The van der Waals surface area contributed by atoms with Gasteiger partial charge in [-0.05, 0) is 24.0 Å². The molecule has 0 aromatic heterocycles. The predicted molar refractivity (Wildman–Crippen MR) is 64.2 cm³/mol. The van der Waals surface area contributed by atoms with Crippen LogP contribution in [0.2, 0.25) is 0 Å². The third-order valence-electron chi connectivity index (χ3n) is 3.01. The van der Waals surface area contributed by atoms with E-state index in [9.17, 15) is 9.59 Å². The Morgan fingerprint density at radius 2 is 1.29 bits per heavy atom. The van der Waals surface area contributed by atoms with Gasteiger partial charge in [-0.25, -0.2) is 9.59 Å². The lowest BCUT2D eigenvalue weighted by atomic mass is 9.93. The molecule has 1 aromatic rings. The summed E-state index contributed by atoms with van der Waals surface area (Å²) in [7, 11) is 0. The zero-order valence-electron chi connectivity index (χ0n) is 10.2. The standard InChI is InChI=1S/C14H16O3/c1-3-5-9-7-8-10(6-4-2)12-11(9)13(15)17-14(12)16/h7-8H,3-6H2,1-2H3. The highest BCUT2D eigenvalue weighted by molar-refractivity contribution is 6.16. The molecule has 1 aliphatic rings. The number of carbonyl (C=O) groups excluding carboxylic acids is 2. The molecule has 0 saturated heterocycles. The summed E-state index contributed by atoms with van der Waals surface area (Å²) in [6.45, 7) is 4.10. The average Bonchev–Trinajstić information content (AvgIpc) is 2.59. The first-order valence-corrected chi connectivity index (χ1v) is 6.10. The van der Waals surface area contributed by atoms with Crippen LogP contribution in [0.3, 0.4) is 0 Å². The number of rotatable bonds is 4. The Morgan fingerprint density at radius 1 is 0.882 bits per heavy atom. The van der Waals surface area contributed by atoms with Gasteiger partial charge in [0.2, 0.25) is 0 Å². The predicted octanol–water partition coefficient (Wildman–Crippen LogP) is 2.90. The molecule has 0 fully saturated rings. The summed E-state index contributed by atoms with van der Waals surface area (Å²) >= 11 is 0. The van der Waals surface area contributed by atoms with Crippen LogP contribution >= 0.6 is 0 Å². The number of benzene rings is 1. The monoisotopic (exact) mass is 232 g/mol. The van der Waals surface area contributed by atoms with Crippen molar-refractivity contribution in [3.8, 4) is 0 Å². The number of carbonyl (C=O) groups is 2. The molecule has 0 unspecified atom stereocenters. The van der Waals surface area contributed by atoms with Crippen molar-refractivity contribution in [1.29, 1.82) is 0 Å². The van der Waals surface area contributed by atoms with E-state index in [2.05, 4.69) is 13.8 Å². The van der Waals surface area contributed by atoms with Gasteiger partial charge in [0.1, 0.15) is 0 Å². The molecular formula is C14H16O3. The molecule has 0 atom stereocenters. The molecule has 0 amide bonds. The number of hydrogen-bond acceptors (Lipinski definition) is 3. The SMILES string of the molecule is CCCc1ccc(CCC)c2c1C(=O)OC2=O. The van der Waals surface area contributed by atoms with Gasteiger partial charge in [-0.1, -0.05) is 38.8 Å². The third-order valence-corrected chi connectivity index (χ3v) is 3.01. The number of hydrogen-bond donors (Lipinski definition) is 0. The molecule has 17 heavy (non-hydrogen) atoms. The molecule has 1 aliphatic heterocycles. The van der Waals surface area contributed by atoms with Crippen molar-refractivity contribution in [2.24, 2.45) is 0 Å².